The summed E-state index contributed by atoms with van der Waals surface area (Å²) < 4.78 is 10.2. The normalized spacial score (nSPS) is 18.8. The van der Waals surface area contributed by atoms with E-state index in [4.69, 9.17) is 9.47 Å². The van der Waals surface area contributed by atoms with Gasteiger partial charge in [-0.25, -0.2) is 0 Å². The number of nitrogens with one attached hydrogen (secondary N) is 2. The molecule has 2 amide bonds. The minimum absolute atomic E-state index is 0.0131. The van der Waals surface area contributed by atoms with Gasteiger partial charge in [0.2, 0.25) is 11.8 Å². The number of ether oxygens (including phenoxy) is 2. The van der Waals surface area contributed by atoms with Crippen LogP contribution in [0.5, 0.6) is 11.5 Å². The van der Waals surface area contributed by atoms with E-state index in [1.165, 1.54) is 0 Å². The number of carbonyl (C=O) groups is 2. The van der Waals surface area contributed by atoms with Gasteiger partial charge in [0, 0.05) is 23.2 Å². The molecule has 0 bridgehead atoms. The van der Waals surface area contributed by atoms with Crippen LogP contribution >= 0.6 is 0 Å². The molecule has 0 radical (unpaired) electrons. The number of amides is 2. The first-order chi connectivity index (χ1) is 13.6. The van der Waals surface area contributed by atoms with Gasteiger partial charge >= 0.3 is 0 Å². The summed E-state index contributed by atoms with van der Waals surface area (Å²) in [4.78, 5) is 25.0. The lowest BCUT2D eigenvalue weighted by Crippen LogP contribution is -2.32. The highest BCUT2D eigenvalue weighted by Gasteiger charge is 2.30. The lowest BCUT2D eigenvalue weighted by Gasteiger charge is -2.27. The van der Waals surface area contributed by atoms with Crippen molar-refractivity contribution >= 4 is 23.2 Å². The average molecular weight is 382 g/mol. The molecule has 6 nitrogen and oxygen atoms in total. The van der Waals surface area contributed by atoms with E-state index in [1.807, 2.05) is 48.5 Å². The highest BCUT2D eigenvalue weighted by molar-refractivity contribution is 5.94. The third kappa shape index (κ3) is 5.03. The predicted octanol–water partition coefficient (Wildman–Crippen LogP) is 4.09. The Bertz CT molecular complexity index is 725. The van der Waals surface area contributed by atoms with Crippen LogP contribution in [0, 0.1) is 11.8 Å². The van der Waals surface area contributed by atoms with E-state index in [9.17, 15) is 9.59 Å². The smallest absolute Gasteiger partial charge is 0.227 e. The summed E-state index contributed by atoms with van der Waals surface area (Å²) >= 11 is 0. The lowest BCUT2D eigenvalue weighted by atomic mass is 9.81. The van der Waals surface area contributed by atoms with E-state index in [0.29, 0.717) is 25.7 Å². The zero-order valence-electron chi connectivity index (χ0n) is 16.2. The largest absolute Gasteiger partial charge is 0.497 e. The number of hydrogen-bond acceptors (Lipinski definition) is 4. The fourth-order valence-electron chi connectivity index (χ4n) is 3.46. The van der Waals surface area contributed by atoms with E-state index in [0.717, 1.165) is 22.9 Å². The molecule has 1 saturated carbocycles. The first-order valence-electron chi connectivity index (χ1n) is 9.49. The Kier molecular flexibility index (Phi) is 6.53. The zero-order valence-corrected chi connectivity index (χ0v) is 16.2. The predicted molar refractivity (Wildman–Crippen MR) is 109 cm³/mol. The zero-order chi connectivity index (χ0) is 19.9. The van der Waals surface area contributed by atoms with Crippen molar-refractivity contribution in [1.82, 2.24) is 0 Å². The first kappa shape index (κ1) is 19.7. The fraction of sp³-hybridized carbons (Fsp3) is 0.364. The second kappa shape index (κ2) is 9.26. The Hall–Kier alpha value is -3.02. The summed E-state index contributed by atoms with van der Waals surface area (Å²) in [6.07, 6.45) is 2.84. The first-order valence-corrected chi connectivity index (χ1v) is 9.49. The molecular formula is C22H26N2O4. The van der Waals surface area contributed by atoms with Gasteiger partial charge < -0.3 is 20.1 Å². The molecule has 1 fully saturated rings. The number of hydrogen-bond donors (Lipinski definition) is 2. The van der Waals surface area contributed by atoms with Crippen molar-refractivity contribution < 1.29 is 19.1 Å². The summed E-state index contributed by atoms with van der Waals surface area (Å²) in [5.41, 5.74) is 1.51. The van der Waals surface area contributed by atoms with Crippen molar-refractivity contribution in [3.63, 3.8) is 0 Å². The maximum atomic E-state index is 12.5. The molecule has 0 spiro atoms. The fourth-order valence-corrected chi connectivity index (χ4v) is 3.46. The summed E-state index contributed by atoms with van der Waals surface area (Å²) in [6, 6.07) is 14.6. The molecule has 1 aliphatic rings. The minimum Gasteiger partial charge on any atom is -0.497 e. The van der Waals surface area contributed by atoms with Crippen LogP contribution in [-0.4, -0.2) is 26.0 Å². The Morgan fingerprint density at radius 1 is 0.679 bits per heavy atom. The third-order valence-corrected chi connectivity index (χ3v) is 5.18. The quantitative estimate of drug-likeness (QED) is 0.789. The molecule has 0 heterocycles. The van der Waals surface area contributed by atoms with Crippen molar-refractivity contribution in [2.24, 2.45) is 11.8 Å². The highest BCUT2D eigenvalue weighted by Crippen LogP contribution is 2.31. The van der Waals surface area contributed by atoms with Crippen LogP contribution in [0.15, 0.2) is 48.5 Å². The van der Waals surface area contributed by atoms with Gasteiger partial charge in [0.15, 0.2) is 0 Å². The molecule has 0 atom stereocenters. The maximum absolute atomic E-state index is 12.5. The van der Waals surface area contributed by atoms with Crippen LogP contribution in [0.1, 0.15) is 25.7 Å². The van der Waals surface area contributed by atoms with Gasteiger partial charge in [-0.2, -0.15) is 0 Å². The molecule has 2 aromatic rings. The number of anilines is 2. The number of benzene rings is 2. The van der Waals surface area contributed by atoms with Crippen molar-refractivity contribution in [2.45, 2.75) is 25.7 Å². The lowest BCUT2D eigenvalue weighted by molar-refractivity contribution is -0.125. The average Bonchev–Trinajstić information content (AvgIpc) is 2.75. The van der Waals surface area contributed by atoms with E-state index in [1.54, 1.807) is 14.2 Å². The standard InChI is InChI=1S/C22H26N2O4/c1-27-19-11-7-17(8-12-19)23-21(25)15-3-5-16(6-4-15)22(26)24-18-9-13-20(28-2)14-10-18/h7-16H,3-6H2,1-2H3,(H,23,25)(H,24,26). The van der Waals surface area contributed by atoms with Gasteiger partial charge in [0.25, 0.3) is 0 Å². The molecule has 1 aliphatic carbocycles. The Morgan fingerprint density at radius 2 is 1.00 bits per heavy atom. The molecule has 2 N–H and O–H groups in total. The van der Waals surface area contributed by atoms with E-state index >= 15 is 0 Å². The Balaban J connectivity index is 1.47. The number of rotatable bonds is 6. The van der Waals surface area contributed by atoms with E-state index in [2.05, 4.69) is 10.6 Å². The molecule has 148 valence electrons. The maximum Gasteiger partial charge on any atom is 0.227 e. The molecule has 0 saturated heterocycles. The highest BCUT2D eigenvalue weighted by atomic mass is 16.5. The van der Waals surface area contributed by atoms with Gasteiger partial charge in [0.05, 0.1) is 14.2 Å². The molecule has 6 heteroatoms. The summed E-state index contributed by atoms with van der Waals surface area (Å²) in [6.45, 7) is 0. The van der Waals surface area contributed by atoms with Crippen molar-refractivity contribution in [3.8, 4) is 11.5 Å². The second-order valence-corrected chi connectivity index (χ2v) is 6.98. The van der Waals surface area contributed by atoms with Crippen molar-refractivity contribution in [2.75, 3.05) is 24.9 Å². The molecule has 0 aromatic heterocycles. The van der Waals surface area contributed by atoms with Gasteiger partial charge in [-0.1, -0.05) is 0 Å². The molecule has 0 unspecified atom stereocenters. The van der Waals surface area contributed by atoms with Gasteiger partial charge in [-0.15, -0.1) is 0 Å². The van der Waals surface area contributed by atoms with Gasteiger partial charge in [-0.05, 0) is 74.2 Å². The Morgan fingerprint density at radius 3 is 1.29 bits per heavy atom. The Labute approximate surface area is 165 Å². The monoisotopic (exact) mass is 382 g/mol. The van der Waals surface area contributed by atoms with Crippen molar-refractivity contribution in [1.29, 1.82) is 0 Å². The topological polar surface area (TPSA) is 76.7 Å². The van der Waals surface area contributed by atoms with E-state index in [-0.39, 0.29) is 23.7 Å². The second-order valence-electron chi connectivity index (χ2n) is 6.98. The summed E-state index contributed by atoms with van der Waals surface area (Å²) in [5, 5.41) is 5.90. The molecule has 2 aromatic carbocycles. The minimum atomic E-state index is -0.0628. The number of methoxy groups -OCH3 is 2. The molecule has 3 rings (SSSR count). The van der Waals surface area contributed by atoms with Gasteiger partial charge in [0.1, 0.15) is 11.5 Å². The SMILES string of the molecule is COc1ccc(NC(=O)C2CCC(C(=O)Nc3ccc(OC)cc3)CC2)cc1. The third-order valence-electron chi connectivity index (χ3n) is 5.18. The van der Waals surface area contributed by atoms with Crippen LogP contribution in [0.3, 0.4) is 0 Å². The van der Waals surface area contributed by atoms with Gasteiger partial charge in [-0.3, -0.25) is 9.59 Å². The van der Waals surface area contributed by atoms with Crippen LogP contribution in [0.2, 0.25) is 0 Å². The van der Waals surface area contributed by atoms with Crippen LogP contribution in [0.25, 0.3) is 0 Å². The van der Waals surface area contributed by atoms with Crippen LogP contribution in [-0.2, 0) is 9.59 Å². The molecular weight excluding hydrogens is 356 g/mol. The van der Waals surface area contributed by atoms with Crippen LogP contribution < -0.4 is 20.1 Å². The summed E-state index contributed by atoms with van der Waals surface area (Å²) in [5.74, 6) is 1.40. The number of carbonyl (C=O) groups excluding carboxylic acids is 2. The molecule has 0 aliphatic heterocycles. The van der Waals surface area contributed by atoms with Crippen molar-refractivity contribution in [3.05, 3.63) is 48.5 Å². The summed E-state index contributed by atoms with van der Waals surface area (Å²) in [7, 11) is 3.22. The molecule has 28 heavy (non-hydrogen) atoms. The van der Waals surface area contributed by atoms with E-state index < -0.39 is 0 Å². The van der Waals surface area contributed by atoms with Crippen LogP contribution in [0.4, 0.5) is 11.4 Å².